The van der Waals surface area contributed by atoms with Gasteiger partial charge in [0.1, 0.15) is 24.7 Å². The molecular formula is C59H87N10O15P. The molecule has 1 aliphatic heterocycles. The first-order valence-corrected chi connectivity index (χ1v) is 30.1. The van der Waals surface area contributed by atoms with E-state index < -0.39 is 116 Å². The summed E-state index contributed by atoms with van der Waals surface area (Å²) in [6.07, 6.45) is -1.87. The Morgan fingerprint density at radius 2 is 1.45 bits per heavy atom. The van der Waals surface area contributed by atoms with Crippen molar-refractivity contribution in [3.8, 4) is 0 Å². The minimum atomic E-state index is -4.56. The van der Waals surface area contributed by atoms with E-state index in [4.69, 9.17) is 24.3 Å². The molecule has 7 N–H and O–H groups in total. The Morgan fingerprint density at radius 3 is 2.01 bits per heavy atom. The highest BCUT2D eigenvalue weighted by molar-refractivity contribution is 7.54. The topological polar surface area (TPSA) is 341 Å². The highest BCUT2D eigenvalue weighted by Gasteiger charge is 2.44. The first-order valence-electron chi connectivity index (χ1n) is 28.5. The van der Waals surface area contributed by atoms with E-state index in [1.165, 1.54) is 62.6 Å². The van der Waals surface area contributed by atoms with Gasteiger partial charge in [-0.05, 0) is 84.0 Å². The third-order valence-electron chi connectivity index (χ3n) is 15.6. The number of azide groups is 1. The zero-order valence-electron chi connectivity index (χ0n) is 50.7. The number of rotatable bonds is 33. The van der Waals surface area contributed by atoms with Crippen LogP contribution in [0.5, 0.6) is 0 Å². The Bertz CT molecular complexity index is 2790. The van der Waals surface area contributed by atoms with Crippen LogP contribution in [0.25, 0.3) is 10.4 Å². The molecule has 4 rings (SSSR count). The third kappa shape index (κ3) is 20.0. The summed E-state index contributed by atoms with van der Waals surface area (Å²) in [5.41, 5.74) is 10.7. The number of aliphatic carboxylic acids is 1. The number of amides is 6. The largest absolute Gasteiger partial charge is 0.480 e. The number of alkyl carbamates (subject to hydrolysis) is 1. The minimum absolute atomic E-state index is 0.0683. The van der Waals surface area contributed by atoms with Gasteiger partial charge < -0.3 is 60.4 Å². The smallest absolute Gasteiger partial charge is 0.432 e. The molecule has 0 spiro atoms. The molecule has 1 unspecified atom stereocenters. The van der Waals surface area contributed by atoms with E-state index in [0.717, 1.165) is 4.67 Å². The number of nitrogens with zero attached hydrogens (tertiary/aromatic N) is 6. The van der Waals surface area contributed by atoms with Gasteiger partial charge in [0.25, 0.3) is 5.91 Å². The molecule has 0 bridgehead atoms. The van der Waals surface area contributed by atoms with Gasteiger partial charge in [-0.1, -0.05) is 115 Å². The lowest BCUT2D eigenvalue weighted by atomic mass is 9.89. The number of aliphatic hydroxyl groups excluding tert-OH is 1. The van der Waals surface area contributed by atoms with Crippen LogP contribution in [-0.2, 0) is 60.4 Å². The second-order valence-corrected chi connectivity index (χ2v) is 24.0. The zero-order chi connectivity index (χ0) is 63.3. The number of hydrogen-bond acceptors (Lipinski definition) is 14. The summed E-state index contributed by atoms with van der Waals surface area (Å²) in [5, 5.41) is 34.9. The predicted octanol–water partition coefficient (Wildman–Crippen LogP) is 6.87. The van der Waals surface area contributed by atoms with E-state index in [1.807, 2.05) is 32.0 Å². The number of anilines is 1. The summed E-state index contributed by atoms with van der Waals surface area (Å²) >= 11 is 0. The molecule has 85 heavy (non-hydrogen) atoms. The monoisotopic (exact) mass is 1210 g/mol. The molecule has 1 saturated heterocycles. The maximum atomic E-state index is 14.6. The van der Waals surface area contributed by atoms with Gasteiger partial charge in [-0.25, -0.2) is 14.2 Å². The molecule has 25 nitrogen and oxygen atoms in total. The van der Waals surface area contributed by atoms with Crippen LogP contribution in [-0.4, -0.2) is 156 Å². The predicted molar refractivity (Wildman–Crippen MR) is 317 cm³/mol. The number of carboxylic acids is 1. The van der Waals surface area contributed by atoms with Crippen LogP contribution in [0.2, 0.25) is 0 Å². The summed E-state index contributed by atoms with van der Waals surface area (Å²) < 4.78 is 36.9. The third-order valence-corrected chi connectivity index (χ3v) is 17.1. The Balaban J connectivity index is 1.34. The fraction of sp³-hybridized carbons (Fsp3) is 0.576. The number of likely N-dealkylation sites (N-methyl/N-ethyl adjacent to an activating group) is 1. The van der Waals surface area contributed by atoms with Gasteiger partial charge >= 0.3 is 19.8 Å². The second kappa shape index (κ2) is 33.5. The normalized spacial score (nSPS) is 17.5. The van der Waals surface area contributed by atoms with Crippen molar-refractivity contribution >= 4 is 55.0 Å². The number of carbonyl (C=O) groups is 7. The molecule has 6 amide bonds. The Labute approximate surface area is 498 Å². The molecule has 1 fully saturated rings. The molecular weight excluding hydrogens is 1120 g/mol. The number of nitrogens with one attached hydrogen (secondary N) is 4. The minimum Gasteiger partial charge on any atom is -0.480 e. The molecule has 0 radical (unpaired) electrons. The summed E-state index contributed by atoms with van der Waals surface area (Å²) in [4.78, 5) is 111. The van der Waals surface area contributed by atoms with Crippen molar-refractivity contribution in [2.75, 3.05) is 46.1 Å². The lowest BCUT2D eigenvalue weighted by Crippen LogP contribution is -2.60. The summed E-state index contributed by atoms with van der Waals surface area (Å²) in [7, 11) is 1.35. The van der Waals surface area contributed by atoms with Gasteiger partial charge in [0, 0.05) is 57.4 Å². The molecule has 3 aromatic rings. The number of likely N-dealkylation sites (tertiary alicyclic amines) is 1. The van der Waals surface area contributed by atoms with Crippen molar-refractivity contribution in [1.82, 2.24) is 31.1 Å². The van der Waals surface area contributed by atoms with Crippen molar-refractivity contribution in [2.45, 2.75) is 155 Å². The fourth-order valence-electron chi connectivity index (χ4n) is 10.2. The molecule has 0 saturated carbocycles. The van der Waals surface area contributed by atoms with Gasteiger partial charge in [0.2, 0.25) is 23.6 Å². The van der Waals surface area contributed by atoms with E-state index in [1.54, 1.807) is 77.8 Å². The van der Waals surface area contributed by atoms with Crippen molar-refractivity contribution < 1.29 is 72.0 Å². The quantitative estimate of drug-likeness (QED) is 0.0141. The highest BCUT2D eigenvalue weighted by Crippen LogP contribution is 2.48. The number of benzene rings is 3. The van der Waals surface area contributed by atoms with Crippen LogP contribution < -0.4 is 25.9 Å². The van der Waals surface area contributed by atoms with Crippen LogP contribution >= 0.6 is 7.75 Å². The van der Waals surface area contributed by atoms with Crippen LogP contribution in [0.3, 0.4) is 0 Å². The molecule has 26 heteroatoms. The molecule has 0 aromatic heterocycles. The molecule has 0 aliphatic carbocycles. The number of ether oxygens (including phenoxy) is 3. The summed E-state index contributed by atoms with van der Waals surface area (Å²) in [5.74, 6) is -5.49. The Kier molecular flexibility index (Phi) is 27.8. The first-order chi connectivity index (χ1) is 40.2. The molecule has 468 valence electrons. The average molecular weight is 1210 g/mol. The highest BCUT2D eigenvalue weighted by atomic mass is 31.2. The summed E-state index contributed by atoms with van der Waals surface area (Å²) in [6, 6.07) is 15.7. The van der Waals surface area contributed by atoms with E-state index in [-0.39, 0.29) is 55.0 Å². The SMILES string of the molecule is CC[C@H](C)[C@@H]([C@@H](CC(=O)N1CCC[C@H]1[C@H](OC)[C@@H](C)C(=O)N[C@H](C)[C@@H](O)c1ccccc1)OC)N(C)C(=O)[C@@H](NC(=O)[C@@H](NC(=O)OCc1ccc(N(C)P(=O)(O)OCC[C@H](NC(=O)c2ccc(CN=[N+]=[N-])cc2)C(=O)O)cc1)C(C)C)C(C)C. The maximum Gasteiger partial charge on any atom is 0.432 e. The number of hydrogen-bond donors (Lipinski definition) is 7. The lowest BCUT2D eigenvalue weighted by molar-refractivity contribution is -0.148. The fourth-order valence-corrected chi connectivity index (χ4v) is 11.2. The van der Waals surface area contributed by atoms with Crippen LogP contribution in [0.1, 0.15) is 121 Å². The van der Waals surface area contributed by atoms with Gasteiger partial charge in [-0.3, -0.25) is 33.2 Å². The van der Waals surface area contributed by atoms with Crippen molar-refractivity contribution in [3.63, 3.8) is 0 Å². The summed E-state index contributed by atoms with van der Waals surface area (Å²) in [6.45, 7) is 14.1. The number of aliphatic hydroxyl groups is 1. The first kappa shape index (κ1) is 70.4. The van der Waals surface area contributed by atoms with E-state index in [2.05, 4.69) is 31.3 Å². The molecule has 12 atom stereocenters. The standard InChI is InChI=1S/C59H87N10O15P/c1-13-37(6)51(47(81-11)32-48(70)69-30-17-20-46(69)53(82-12)38(7)54(72)62-39(8)52(71)42-18-15-14-16-19-42)67(9)57(75)50(36(4)5)64-56(74)49(35(2)3)65-59(78)83-34-41-23-27-44(28-24-41)68(10)85(79,80)84-31-29-45(58(76)77)63-55(73)43-25-21-40(22-26-43)33-61-66-60/h14-16,18-19,21-28,35-39,45-47,49-53,71H,13,17,20,29-34H2,1-12H3,(H,62,72)(H,63,73)(H,64,74)(H,65,78)(H,76,77)(H,79,80)/t37-,38+,39+,45-,46-,47+,49-,50-,51-,52+,53+/m0/s1. The van der Waals surface area contributed by atoms with Crippen LogP contribution in [0.4, 0.5) is 10.5 Å². The number of methoxy groups -OCH3 is 2. The van der Waals surface area contributed by atoms with E-state index >= 15 is 0 Å². The van der Waals surface area contributed by atoms with Crippen molar-refractivity contribution in [1.29, 1.82) is 0 Å². The molecule has 1 heterocycles. The second-order valence-electron chi connectivity index (χ2n) is 22.2. The Morgan fingerprint density at radius 1 is 0.824 bits per heavy atom. The molecule has 3 aromatic carbocycles. The number of carboxylic acid groups (broad SMARTS) is 1. The zero-order valence-corrected chi connectivity index (χ0v) is 51.6. The van der Waals surface area contributed by atoms with Gasteiger partial charge in [0.05, 0.1) is 61.9 Å². The van der Waals surface area contributed by atoms with Crippen LogP contribution in [0.15, 0.2) is 84.0 Å². The van der Waals surface area contributed by atoms with Crippen molar-refractivity contribution in [2.24, 2.45) is 28.8 Å². The van der Waals surface area contributed by atoms with E-state index in [9.17, 15) is 53.2 Å². The molecule has 1 aliphatic rings. The Hall–Kier alpha value is -7.11. The maximum absolute atomic E-state index is 14.6. The lowest BCUT2D eigenvalue weighted by Gasteiger charge is -2.41. The van der Waals surface area contributed by atoms with Gasteiger partial charge in [-0.2, -0.15) is 0 Å². The van der Waals surface area contributed by atoms with Gasteiger partial charge in [-0.15, -0.1) is 0 Å². The number of carbonyl (C=O) groups excluding carboxylic acids is 6. The average Bonchev–Trinajstić information content (AvgIpc) is 3.84. The van der Waals surface area contributed by atoms with E-state index in [0.29, 0.717) is 42.5 Å². The van der Waals surface area contributed by atoms with Crippen LogP contribution in [0, 0.1) is 23.7 Å². The van der Waals surface area contributed by atoms with Crippen molar-refractivity contribution in [3.05, 3.63) is 112 Å². The van der Waals surface area contributed by atoms with Gasteiger partial charge in [0.15, 0.2) is 0 Å².